The zero-order valence-corrected chi connectivity index (χ0v) is 13.9. The van der Waals surface area contributed by atoms with Crippen LogP contribution in [-0.4, -0.2) is 54.6 Å². The van der Waals surface area contributed by atoms with E-state index in [1.165, 1.54) is 0 Å². The second-order valence-corrected chi connectivity index (χ2v) is 6.13. The highest BCUT2D eigenvalue weighted by molar-refractivity contribution is 5.91. The molecule has 1 fully saturated rings. The number of halogens is 3. The molecular weight excluding hydrogens is 371 g/mol. The molecule has 0 radical (unpaired) electrons. The molecule has 3 rings (SSSR count). The van der Waals surface area contributed by atoms with Crippen LogP contribution in [0.1, 0.15) is 6.42 Å². The molecule has 146 valence electrons. The third-order valence-corrected chi connectivity index (χ3v) is 4.07. The highest BCUT2D eigenvalue weighted by Crippen LogP contribution is 2.30. The first-order chi connectivity index (χ1) is 12.7. The van der Waals surface area contributed by atoms with Gasteiger partial charge in [0.1, 0.15) is 13.2 Å². The van der Waals surface area contributed by atoms with E-state index in [4.69, 9.17) is 9.47 Å². The third kappa shape index (κ3) is 4.60. The Hall–Kier alpha value is -2.98. The largest absolute Gasteiger partial charge is 0.485 e. The van der Waals surface area contributed by atoms with E-state index in [0.29, 0.717) is 16.4 Å². The first-order valence-electron chi connectivity index (χ1n) is 8.05. The Bertz CT molecular complexity index is 755. The van der Waals surface area contributed by atoms with Crippen LogP contribution in [-0.2, 0) is 14.4 Å². The Balaban J connectivity index is 1.48. The Labute approximate surface area is 151 Å². The maximum absolute atomic E-state index is 12.4. The summed E-state index contributed by atoms with van der Waals surface area (Å²) in [6, 6.07) is 6.74. The van der Waals surface area contributed by atoms with Crippen molar-refractivity contribution in [3.8, 4) is 11.5 Å². The van der Waals surface area contributed by atoms with E-state index in [1.807, 2.05) is 0 Å². The van der Waals surface area contributed by atoms with Crippen LogP contribution in [0.25, 0.3) is 0 Å². The van der Waals surface area contributed by atoms with Crippen molar-refractivity contribution in [2.24, 2.45) is 5.92 Å². The van der Waals surface area contributed by atoms with Crippen LogP contribution in [0.3, 0.4) is 0 Å². The number of nitrogens with zero attached hydrogens (tertiary/aromatic N) is 1. The summed E-state index contributed by atoms with van der Waals surface area (Å²) in [5, 5.41) is 0. The molecule has 0 bridgehead atoms. The molecule has 1 saturated heterocycles. The number of nitrogens with one attached hydrogen (secondary N) is 2. The number of carbonyl (C=O) groups is 3. The van der Waals surface area contributed by atoms with E-state index >= 15 is 0 Å². The van der Waals surface area contributed by atoms with E-state index in [1.54, 1.807) is 24.3 Å². The van der Waals surface area contributed by atoms with Gasteiger partial charge in [0.25, 0.3) is 5.91 Å². The first kappa shape index (κ1) is 18.8. The van der Waals surface area contributed by atoms with Crippen LogP contribution >= 0.6 is 0 Å². The normalized spacial score (nSPS) is 21.7. The molecule has 8 nitrogen and oxygen atoms in total. The summed E-state index contributed by atoms with van der Waals surface area (Å²) in [6.07, 6.45) is -5.90. The number of rotatable bonds is 3. The van der Waals surface area contributed by atoms with Crippen LogP contribution in [0.5, 0.6) is 11.5 Å². The molecule has 1 aromatic carbocycles. The lowest BCUT2D eigenvalue weighted by Crippen LogP contribution is -2.52. The summed E-state index contributed by atoms with van der Waals surface area (Å²) < 4.78 is 48.0. The molecule has 2 aliphatic heterocycles. The van der Waals surface area contributed by atoms with Gasteiger partial charge in [-0.2, -0.15) is 13.2 Å². The predicted molar refractivity (Wildman–Crippen MR) is 83.4 cm³/mol. The quantitative estimate of drug-likeness (QED) is 0.732. The number of amides is 3. The van der Waals surface area contributed by atoms with E-state index in [2.05, 4.69) is 10.9 Å². The van der Waals surface area contributed by atoms with Crippen molar-refractivity contribution in [1.29, 1.82) is 0 Å². The number of hydrazine groups is 1. The summed E-state index contributed by atoms with van der Waals surface area (Å²) in [6.45, 7) is -1.84. The molecule has 2 N–H and O–H groups in total. The van der Waals surface area contributed by atoms with Crippen molar-refractivity contribution in [3.05, 3.63) is 24.3 Å². The molecule has 0 saturated carbocycles. The minimum Gasteiger partial charge on any atom is -0.485 e. The molecule has 2 atom stereocenters. The van der Waals surface area contributed by atoms with Crippen LogP contribution in [0.2, 0.25) is 0 Å². The van der Waals surface area contributed by atoms with E-state index in [0.717, 1.165) is 0 Å². The minimum atomic E-state index is -4.54. The van der Waals surface area contributed by atoms with Gasteiger partial charge in [0.2, 0.25) is 17.9 Å². The predicted octanol–water partition coefficient (Wildman–Crippen LogP) is 0.385. The van der Waals surface area contributed by atoms with Crippen molar-refractivity contribution >= 4 is 17.7 Å². The highest BCUT2D eigenvalue weighted by atomic mass is 19.4. The fourth-order valence-corrected chi connectivity index (χ4v) is 2.77. The number of fused-ring (bicyclic) bond motifs is 1. The van der Waals surface area contributed by atoms with E-state index < -0.39 is 42.5 Å². The highest BCUT2D eigenvalue weighted by Gasteiger charge is 2.40. The summed E-state index contributed by atoms with van der Waals surface area (Å²) in [5.41, 5.74) is 4.26. The molecule has 0 aliphatic carbocycles. The lowest BCUT2D eigenvalue weighted by molar-refractivity contribution is -0.157. The molecule has 0 unspecified atom stereocenters. The van der Waals surface area contributed by atoms with Crippen LogP contribution in [0.15, 0.2) is 24.3 Å². The van der Waals surface area contributed by atoms with Gasteiger partial charge in [-0.15, -0.1) is 0 Å². The van der Waals surface area contributed by atoms with Gasteiger partial charge in [0.05, 0.1) is 5.92 Å². The zero-order chi connectivity index (χ0) is 19.6. The number of hydrogen-bond donors (Lipinski definition) is 2. The van der Waals surface area contributed by atoms with Gasteiger partial charge in [-0.05, 0) is 12.1 Å². The van der Waals surface area contributed by atoms with Gasteiger partial charge < -0.3 is 14.4 Å². The number of benzene rings is 1. The third-order valence-electron chi connectivity index (χ3n) is 4.07. The Kier molecular flexibility index (Phi) is 5.10. The minimum absolute atomic E-state index is 0.0695. The van der Waals surface area contributed by atoms with Crippen LogP contribution in [0.4, 0.5) is 13.2 Å². The monoisotopic (exact) mass is 387 g/mol. The summed E-state index contributed by atoms with van der Waals surface area (Å²) >= 11 is 0. The standard InChI is InChI=1S/C16H16F3N3O5/c17-16(18,19)8-22-6-9(5-13(22)23)14(24)20-21-15(25)12-7-26-10-3-1-2-4-11(10)27-12/h1-4,9,12H,5-8H2,(H,20,24)(H,21,25)/t9-,12-/m1/s1. The van der Waals surface area contributed by atoms with Crippen molar-refractivity contribution in [3.63, 3.8) is 0 Å². The van der Waals surface area contributed by atoms with Crippen molar-refractivity contribution < 1.29 is 37.0 Å². The van der Waals surface area contributed by atoms with E-state index in [-0.39, 0.29) is 19.6 Å². The summed E-state index contributed by atoms with van der Waals surface area (Å²) in [4.78, 5) is 36.3. The molecule has 0 spiro atoms. The Morgan fingerprint density at radius 2 is 1.81 bits per heavy atom. The SMILES string of the molecule is O=C(NNC(=O)[C@H]1COc2ccccc2O1)[C@@H]1CC(=O)N(CC(F)(F)F)C1. The topological polar surface area (TPSA) is 97.0 Å². The van der Waals surface area contributed by atoms with Gasteiger partial charge in [-0.1, -0.05) is 12.1 Å². The summed E-state index contributed by atoms with van der Waals surface area (Å²) in [7, 11) is 0. The van der Waals surface area contributed by atoms with Crippen LogP contribution in [0, 0.1) is 5.92 Å². The fourth-order valence-electron chi connectivity index (χ4n) is 2.77. The fraction of sp³-hybridized carbons (Fsp3) is 0.438. The van der Waals surface area contributed by atoms with Crippen molar-refractivity contribution in [1.82, 2.24) is 15.8 Å². The second-order valence-electron chi connectivity index (χ2n) is 6.13. The number of likely N-dealkylation sites (tertiary alicyclic amines) is 1. The number of para-hydroxylation sites is 2. The molecule has 2 aliphatic rings. The van der Waals surface area contributed by atoms with Gasteiger partial charge in [0.15, 0.2) is 11.5 Å². The first-order valence-corrected chi connectivity index (χ1v) is 8.05. The lowest BCUT2D eigenvalue weighted by atomic mass is 10.1. The molecule has 11 heteroatoms. The number of ether oxygens (including phenoxy) is 2. The molecular formula is C16H16F3N3O5. The Morgan fingerprint density at radius 1 is 1.15 bits per heavy atom. The van der Waals surface area contributed by atoms with Gasteiger partial charge >= 0.3 is 6.18 Å². The molecule has 1 aromatic rings. The number of hydrogen-bond acceptors (Lipinski definition) is 5. The lowest BCUT2D eigenvalue weighted by Gasteiger charge is -2.25. The maximum Gasteiger partial charge on any atom is 0.406 e. The van der Waals surface area contributed by atoms with Gasteiger partial charge in [-0.3, -0.25) is 25.2 Å². The zero-order valence-electron chi connectivity index (χ0n) is 13.9. The maximum atomic E-state index is 12.4. The van der Waals surface area contributed by atoms with Gasteiger partial charge in [-0.25, -0.2) is 0 Å². The average Bonchev–Trinajstić information content (AvgIpc) is 2.98. The van der Waals surface area contributed by atoms with Crippen LogP contribution < -0.4 is 20.3 Å². The van der Waals surface area contributed by atoms with Crippen molar-refractivity contribution in [2.75, 3.05) is 19.7 Å². The smallest absolute Gasteiger partial charge is 0.406 e. The average molecular weight is 387 g/mol. The van der Waals surface area contributed by atoms with Crippen molar-refractivity contribution in [2.45, 2.75) is 18.7 Å². The number of alkyl halides is 3. The second kappa shape index (κ2) is 7.33. The molecule has 3 amide bonds. The van der Waals surface area contributed by atoms with E-state index in [9.17, 15) is 27.6 Å². The molecule has 0 aromatic heterocycles. The molecule has 2 heterocycles. The Morgan fingerprint density at radius 3 is 2.52 bits per heavy atom. The number of carbonyl (C=O) groups excluding carboxylic acids is 3. The summed E-state index contributed by atoms with van der Waals surface area (Å²) in [5.74, 6) is -2.32. The molecule has 27 heavy (non-hydrogen) atoms. The van der Waals surface area contributed by atoms with Gasteiger partial charge in [0, 0.05) is 13.0 Å².